The van der Waals surface area contributed by atoms with Gasteiger partial charge in [-0.05, 0) is 50.2 Å². The van der Waals surface area contributed by atoms with Gasteiger partial charge < -0.3 is 15.4 Å². The quantitative estimate of drug-likeness (QED) is 0.514. The molecule has 1 aromatic heterocycles. The molecule has 4 rings (SSSR count). The van der Waals surface area contributed by atoms with Crippen LogP contribution in [0.15, 0.2) is 64.3 Å². The van der Waals surface area contributed by atoms with Crippen LogP contribution in [-0.2, 0) is 26.6 Å². The largest absolute Gasteiger partial charge is 0.379 e. The minimum atomic E-state index is -3.61. The van der Waals surface area contributed by atoms with E-state index in [1.807, 2.05) is 30.3 Å². The number of para-hydroxylation sites is 1. The third kappa shape index (κ3) is 5.02. The lowest BCUT2D eigenvalue weighted by Gasteiger charge is -2.26. The number of aromatic nitrogens is 2. The number of hydrogen-bond donors (Lipinski definition) is 2. The maximum Gasteiger partial charge on any atom is 0.295 e. The molecule has 1 saturated heterocycles. The molecular formula is C24H29N5O5S. The highest BCUT2D eigenvalue weighted by Crippen LogP contribution is 2.20. The lowest BCUT2D eigenvalue weighted by atomic mass is 10.2. The first-order valence-corrected chi connectivity index (χ1v) is 12.7. The van der Waals surface area contributed by atoms with Crippen LogP contribution in [0.5, 0.6) is 0 Å². The first kappa shape index (κ1) is 24.7. The minimum absolute atomic E-state index is 0.157. The molecule has 3 aromatic rings. The minimum Gasteiger partial charge on any atom is -0.379 e. The fraction of sp³-hybridized carbons (Fsp3) is 0.333. The number of sulfonamides is 1. The van der Waals surface area contributed by atoms with Gasteiger partial charge in [0.15, 0.2) is 0 Å². The summed E-state index contributed by atoms with van der Waals surface area (Å²) < 4.78 is 35.4. The molecule has 1 fully saturated rings. The number of benzene rings is 2. The van der Waals surface area contributed by atoms with Gasteiger partial charge in [-0.15, -0.1) is 0 Å². The third-order valence-corrected chi connectivity index (χ3v) is 7.95. The summed E-state index contributed by atoms with van der Waals surface area (Å²) >= 11 is 0. The molecule has 186 valence electrons. The van der Waals surface area contributed by atoms with Crippen LogP contribution in [0.25, 0.3) is 5.69 Å². The van der Waals surface area contributed by atoms with Crippen LogP contribution < -0.4 is 16.2 Å². The van der Waals surface area contributed by atoms with Crippen molar-refractivity contribution in [2.75, 3.05) is 36.9 Å². The predicted molar refractivity (Wildman–Crippen MR) is 133 cm³/mol. The number of morpholine rings is 1. The third-order valence-electron chi connectivity index (χ3n) is 6.04. The van der Waals surface area contributed by atoms with Gasteiger partial charge in [0.1, 0.15) is 11.7 Å². The van der Waals surface area contributed by atoms with E-state index in [4.69, 9.17) is 4.74 Å². The Kier molecular flexibility index (Phi) is 7.10. The Bertz CT molecular complexity index is 1360. The van der Waals surface area contributed by atoms with Gasteiger partial charge in [-0.2, -0.15) is 4.31 Å². The number of carbonyl (C=O) groups is 1. The van der Waals surface area contributed by atoms with Crippen molar-refractivity contribution in [3.8, 4) is 5.69 Å². The van der Waals surface area contributed by atoms with E-state index >= 15 is 0 Å². The van der Waals surface area contributed by atoms with E-state index in [0.29, 0.717) is 43.4 Å². The van der Waals surface area contributed by atoms with Crippen molar-refractivity contribution in [3.05, 3.63) is 70.6 Å². The Morgan fingerprint density at radius 3 is 2.29 bits per heavy atom. The van der Waals surface area contributed by atoms with Gasteiger partial charge in [-0.25, -0.2) is 13.1 Å². The average Bonchev–Trinajstić information content (AvgIpc) is 3.08. The number of hydrogen-bond acceptors (Lipinski definition) is 6. The van der Waals surface area contributed by atoms with Gasteiger partial charge in [0.05, 0.1) is 29.5 Å². The Morgan fingerprint density at radius 2 is 1.66 bits per heavy atom. The van der Waals surface area contributed by atoms with E-state index < -0.39 is 16.1 Å². The summed E-state index contributed by atoms with van der Waals surface area (Å²) in [5.41, 5.74) is 1.95. The molecule has 1 aliphatic rings. The van der Waals surface area contributed by atoms with E-state index in [9.17, 15) is 18.0 Å². The SMILES string of the molecule is Cc1c(N[C@H](C)C(=O)Nc2ccc(S(=O)(=O)N3CCOCC3)cc2)c(=O)n(-c2ccccc2)n1C. The molecule has 2 aromatic carbocycles. The van der Waals surface area contributed by atoms with Gasteiger partial charge in [-0.1, -0.05) is 18.2 Å². The van der Waals surface area contributed by atoms with Crippen LogP contribution in [0.2, 0.25) is 0 Å². The lowest BCUT2D eigenvalue weighted by molar-refractivity contribution is -0.116. The second-order valence-electron chi connectivity index (χ2n) is 8.33. The average molecular weight is 500 g/mol. The normalized spacial score (nSPS) is 15.5. The molecule has 0 unspecified atom stereocenters. The van der Waals surface area contributed by atoms with Crippen LogP contribution in [0, 0.1) is 6.92 Å². The smallest absolute Gasteiger partial charge is 0.295 e. The second-order valence-corrected chi connectivity index (χ2v) is 10.3. The second kappa shape index (κ2) is 10.1. The van der Waals surface area contributed by atoms with Crippen LogP contribution in [0.1, 0.15) is 12.6 Å². The molecule has 2 N–H and O–H groups in total. The van der Waals surface area contributed by atoms with E-state index in [-0.39, 0.29) is 16.4 Å². The van der Waals surface area contributed by atoms with E-state index in [1.54, 1.807) is 37.7 Å². The number of carbonyl (C=O) groups excluding carboxylic acids is 1. The van der Waals surface area contributed by atoms with Crippen molar-refractivity contribution in [1.29, 1.82) is 0 Å². The first-order valence-electron chi connectivity index (χ1n) is 11.3. The molecule has 0 saturated carbocycles. The van der Waals surface area contributed by atoms with Crippen LogP contribution >= 0.6 is 0 Å². The van der Waals surface area contributed by atoms with Gasteiger partial charge in [0.25, 0.3) is 5.56 Å². The van der Waals surface area contributed by atoms with Gasteiger partial charge in [0, 0.05) is 25.8 Å². The topological polar surface area (TPSA) is 115 Å². The number of anilines is 2. The molecule has 2 heterocycles. The monoisotopic (exact) mass is 499 g/mol. The number of nitrogens with zero attached hydrogens (tertiary/aromatic N) is 3. The highest BCUT2D eigenvalue weighted by molar-refractivity contribution is 7.89. The molecule has 11 heteroatoms. The maximum atomic E-state index is 13.1. The van der Waals surface area contributed by atoms with E-state index in [1.165, 1.54) is 21.1 Å². The number of nitrogens with one attached hydrogen (secondary N) is 2. The molecule has 1 aliphatic heterocycles. The maximum absolute atomic E-state index is 13.1. The Morgan fingerprint density at radius 1 is 1.03 bits per heavy atom. The highest BCUT2D eigenvalue weighted by atomic mass is 32.2. The molecule has 0 aliphatic carbocycles. The summed E-state index contributed by atoms with van der Waals surface area (Å²) in [6, 6.07) is 14.6. The zero-order chi connectivity index (χ0) is 25.2. The fourth-order valence-corrected chi connectivity index (χ4v) is 5.32. The fourth-order valence-electron chi connectivity index (χ4n) is 3.91. The molecular weight excluding hydrogens is 470 g/mol. The number of ether oxygens (including phenoxy) is 1. The lowest BCUT2D eigenvalue weighted by Crippen LogP contribution is -2.40. The van der Waals surface area contributed by atoms with Crippen LogP contribution in [0.4, 0.5) is 11.4 Å². The molecule has 1 atom stereocenters. The van der Waals surface area contributed by atoms with Crippen molar-refractivity contribution in [3.63, 3.8) is 0 Å². The first-order chi connectivity index (χ1) is 16.7. The molecule has 0 radical (unpaired) electrons. The zero-order valence-corrected chi connectivity index (χ0v) is 20.7. The van der Waals surface area contributed by atoms with E-state index in [0.717, 1.165) is 5.69 Å². The summed E-state index contributed by atoms with van der Waals surface area (Å²) in [5, 5.41) is 5.79. The Balaban J connectivity index is 1.45. The number of amides is 1. The van der Waals surface area contributed by atoms with Gasteiger partial charge in [-0.3, -0.25) is 14.3 Å². The van der Waals surface area contributed by atoms with Crippen molar-refractivity contribution >= 4 is 27.3 Å². The summed E-state index contributed by atoms with van der Waals surface area (Å²) in [5.74, 6) is -0.359. The molecule has 35 heavy (non-hydrogen) atoms. The van der Waals surface area contributed by atoms with Crippen LogP contribution in [0.3, 0.4) is 0 Å². The van der Waals surface area contributed by atoms with Crippen LogP contribution in [-0.4, -0.2) is 60.3 Å². The molecule has 1 amide bonds. The molecule has 10 nitrogen and oxygen atoms in total. The summed E-state index contributed by atoms with van der Waals surface area (Å²) in [6.45, 7) is 4.83. The number of rotatable bonds is 7. The zero-order valence-electron chi connectivity index (χ0n) is 19.9. The Hall–Kier alpha value is -3.41. The summed E-state index contributed by atoms with van der Waals surface area (Å²) in [7, 11) is -1.83. The summed E-state index contributed by atoms with van der Waals surface area (Å²) in [4.78, 5) is 26.0. The Labute approximate surface area is 204 Å². The predicted octanol–water partition coefficient (Wildman–Crippen LogP) is 1.94. The molecule has 0 spiro atoms. The van der Waals surface area contributed by atoms with Crippen molar-refractivity contribution in [2.24, 2.45) is 7.05 Å². The standard InChI is InChI=1S/C24H29N5O5S/c1-17(25-22-18(2)27(3)29(24(22)31)20-7-5-4-6-8-20)23(30)26-19-9-11-21(12-10-19)35(32,33)28-13-15-34-16-14-28/h4-12,17,25H,13-16H2,1-3H3,(H,26,30)/t17-/m1/s1. The highest BCUT2D eigenvalue weighted by Gasteiger charge is 2.26. The van der Waals surface area contributed by atoms with Crippen molar-refractivity contribution in [1.82, 2.24) is 13.7 Å². The summed E-state index contributed by atoms with van der Waals surface area (Å²) in [6.07, 6.45) is 0. The van der Waals surface area contributed by atoms with Crippen molar-refractivity contribution < 1.29 is 17.9 Å². The van der Waals surface area contributed by atoms with Gasteiger partial charge >= 0.3 is 0 Å². The van der Waals surface area contributed by atoms with Gasteiger partial charge in [0.2, 0.25) is 15.9 Å². The van der Waals surface area contributed by atoms with Crippen molar-refractivity contribution in [2.45, 2.75) is 24.8 Å². The van der Waals surface area contributed by atoms with E-state index in [2.05, 4.69) is 10.6 Å². The molecule has 0 bridgehead atoms.